The van der Waals surface area contributed by atoms with Crippen LogP contribution in [-0.2, 0) is 30.8 Å². The minimum atomic E-state index is -4.13. The number of methoxy groups -OCH3 is 1. The molecule has 1 heterocycles. The summed E-state index contributed by atoms with van der Waals surface area (Å²) in [6.45, 7) is 2.11. The van der Waals surface area contributed by atoms with Gasteiger partial charge in [-0.15, -0.1) is 0 Å². The summed E-state index contributed by atoms with van der Waals surface area (Å²) in [5, 5.41) is 7.90. The van der Waals surface area contributed by atoms with Gasteiger partial charge in [-0.3, -0.25) is 0 Å². The van der Waals surface area contributed by atoms with Gasteiger partial charge in [0.15, 0.2) is 0 Å². The third-order valence-electron chi connectivity index (χ3n) is 3.59. The number of rotatable bonds is 8. The summed E-state index contributed by atoms with van der Waals surface area (Å²) in [6, 6.07) is 5.61. The number of furan rings is 1. The molecular weight excluding hydrogens is 424 g/mol. The van der Waals surface area contributed by atoms with Crippen LogP contribution in [0.25, 0.3) is 6.08 Å². The number of primary sulfonamides is 1. The topological polar surface area (TPSA) is 138 Å². The van der Waals surface area contributed by atoms with Crippen molar-refractivity contribution in [1.29, 1.82) is 0 Å². The van der Waals surface area contributed by atoms with Gasteiger partial charge in [-0.2, -0.15) is 0 Å². The summed E-state index contributed by atoms with van der Waals surface area (Å²) in [5.74, 6) is -0.357. The van der Waals surface area contributed by atoms with Crippen molar-refractivity contribution >= 4 is 45.3 Å². The molecular formula is C18H19ClN2O7S. The van der Waals surface area contributed by atoms with E-state index in [1.807, 2.05) is 0 Å². The van der Waals surface area contributed by atoms with E-state index in [4.69, 9.17) is 25.9 Å². The monoisotopic (exact) mass is 442 g/mol. The van der Waals surface area contributed by atoms with Crippen LogP contribution in [0.3, 0.4) is 0 Å². The molecule has 2 aromatic rings. The van der Waals surface area contributed by atoms with Crippen LogP contribution in [0.2, 0.25) is 5.02 Å². The Morgan fingerprint density at radius 3 is 2.66 bits per heavy atom. The fraction of sp³-hybridized carbons (Fsp3) is 0.222. The number of nitrogens with two attached hydrogens (primary N) is 1. The molecule has 0 aliphatic heterocycles. The average Bonchev–Trinajstić information content (AvgIpc) is 3.11. The van der Waals surface area contributed by atoms with E-state index in [0.717, 1.165) is 13.2 Å². The number of anilines is 1. The number of hydrogen-bond donors (Lipinski definition) is 2. The second-order valence-corrected chi connectivity index (χ2v) is 7.54. The van der Waals surface area contributed by atoms with Crippen LogP contribution in [-0.4, -0.2) is 34.1 Å². The van der Waals surface area contributed by atoms with E-state index >= 15 is 0 Å². The lowest BCUT2D eigenvalue weighted by molar-refractivity contribution is -0.137. The van der Waals surface area contributed by atoms with Crippen LogP contribution >= 0.6 is 11.6 Å². The van der Waals surface area contributed by atoms with Crippen molar-refractivity contribution in [2.24, 2.45) is 5.14 Å². The molecule has 0 atom stereocenters. The minimum Gasteiger partial charge on any atom is -0.465 e. The molecule has 0 radical (unpaired) electrons. The van der Waals surface area contributed by atoms with Crippen LogP contribution in [0.15, 0.2) is 39.7 Å². The van der Waals surface area contributed by atoms with Crippen molar-refractivity contribution in [2.45, 2.75) is 18.4 Å². The van der Waals surface area contributed by atoms with Crippen LogP contribution < -0.4 is 10.5 Å². The molecule has 0 saturated heterocycles. The van der Waals surface area contributed by atoms with Crippen molar-refractivity contribution in [3.8, 4) is 0 Å². The van der Waals surface area contributed by atoms with Gasteiger partial charge < -0.3 is 19.2 Å². The van der Waals surface area contributed by atoms with Gasteiger partial charge in [0, 0.05) is 6.08 Å². The summed E-state index contributed by atoms with van der Waals surface area (Å²) in [5.41, 5.74) is 0.171. The predicted octanol–water partition coefficient (Wildman–Crippen LogP) is 2.56. The van der Waals surface area contributed by atoms with E-state index in [2.05, 4.69) is 10.1 Å². The maximum Gasteiger partial charge on any atom is 0.340 e. The zero-order chi connectivity index (χ0) is 21.6. The molecule has 0 aliphatic carbocycles. The quantitative estimate of drug-likeness (QED) is 0.469. The Hall–Kier alpha value is -2.82. The molecule has 29 heavy (non-hydrogen) atoms. The molecule has 0 fully saturated rings. The third kappa shape index (κ3) is 6.08. The Balaban J connectivity index is 2.21. The number of hydrogen-bond acceptors (Lipinski definition) is 8. The molecule has 11 heteroatoms. The Morgan fingerprint density at radius 1 is 1.31 bits per heavy atom. The number of esters is 2. The highest BCUT2D eigenvalue weighted by Gasteiger charge is 2.21. The highest BCUT2D eigenvalue weighted by molar-refractivity contribution is 7.89. The molecule has 0 unspecified atom stereocenters. The van der Waals surface area contributed by atoms with E-state index in [9.17, 15) is 18.0 Å². The molecule has 1 aromatic carbocycles. The van der Waals surface area contributed by atoms with Crippen LogP contribution in [0, 0.1) is 0 Å². The molecule has 3 N–H and O–H groups in total. The van der Waals surface area contributed by atoms with E-state index in [1.165, 1.54) is 18.2 Å². The second kappa shape index (κ2) is 9.59. The maximum absolute atomic E-state index is 12.0. The Labute approximate surface area is 172 Å². The number of benzene rings is 1. The summed E-state index contributed by atoms with van der Waals surface area (Å²) < 4.78 is 38.3. The van der Waals surface area contributed by atoms with Crippen molar-refractivity contribution in [3.05, 3.63) is 52.4 Å². The standard InChI is InChI=1S/C18H19ClN2O7S/c1-3-27-17(22)7-6-11-4-5-12(28-11)10-21-15-9-14(19)16(29(20,24)25)8-13(15)18(23)26-2/h4-9,21H,3,10H2,1-2H3,(H2,20,24,25)/b7-6+. The lowest BCUT2D eigenvalue weighted by Gasteiger charge is -2.12. The first-order valence-corrected chi connectivity index (χ1v) is 10.2. The number of halogens is 1. The van der Waals surface area contributed by atoms with E-state index in [0.29, 0.717) is 11.5 Å². The molecule has 0 aliphatic rings. The Morgan fingerprint density at radius 2 is 2.03 bits per heavy atom. The van der Waals surface area contributed by atoms with Gasteiger partial charge in [-0.1, -0.05) is 11.6 Å². The van der Waals surface area contributed by atoms with Crippen LogP contribution in [0.4, 0.5) is 5.69 Å². The molecule has 9 nitrogen and oxygen atoms in total. The first-order chi connectivity index (χ1) is 13.7. The van der Waals surface area contributed by atoms with E-state index < -0.39 is 26.9 Å². The normalized spacial score (nSPS) is 11.4. The van der Waals surface area contributed by atoms with Gasteiger partial charge in [0.1, 0.15) is 16.4 Å². The van der Waals surface area contributed by atoms with Crippen LogP contribution in [0.1, 0.15) is 28.8 Å². The maximum atomic E-state index is 12.0. The molecule has 0 saturated carbocycles. The third-order valence-corrected chi connectivity index (χ3v) is 4.97. The minimum absolute atomic E-state index is 0.0603. The number of carbonyl (C=O) groups is 2. The number of nitrogens with one attached hydrogen (secondary N) is 1. The summed E-state index contributed by atoms with van der Waals surface area (Å²) >= 11 is 5.99. The average molecular weight is 443 g/mol. The van der Waals surface area contributed by atoms with Gasteiger partial charge in [0.05, 0.1) is 36.5 Å². The van der Waals surface area contributed by atoms with E-state index in [1.54, 1.807) is 19.1 Å². The lowest BCUT2D eigenvalue weighted by atomic mass is 10.1. The fourth-order valence-corrected chi connectivity index (χ4v) is 3.40. The molecule has 0 amide bonds. The summed E-state index contributed by atoms with van der Waals surface area (Å²) in [7, 11) is -2.97. The molecule has 156 valence electrons. The zero-order valence-electron chi connectivity index (χ0n) is 15.6. The number of carbonyl (C=O) groups excluding carboxylic acids is 2. The zero-order valence-corrected chi connectivity index (χ0v) is 17.2. The first kappa shape index (κ1) is 22.5. The fourth-order valence-electron chi connectivity index (χ4n) is 2.30. The molecule has 1 aromatic heterocycles. The SMILES string of the molecule is CCOC(=O)/C=C/c1ccc(CNc2cc(Cl)c(S(N)(=O)=O)cc2C(=O)OC)o1. The number of sulfonamides is 1. The highest BCUT2D eigenvalue weighted by Crippen LogP contribution is 2.29. The second-order valence-electron chi connectivity index (χ2n) is 5.61. The molecule has 0 bridgehead atoms. The van der Waals surface area contributed by atoms with Crippen molar-refractivity contribution in [1.82, 2.24) is 0 Å². The van der Waals surface area contributed by atoms with Crippen molar-refractivity contribution in [2.75, 3.05) is 19.0 Å². The molecule has 2 rings (SSSR count). The highest BCUT2D eigenvalue weighted by atomic mass is 35.5. The Bertz CT molecular complexity index is 1040. The van der Waals surface area contributed by atoms with E-state index in [-0.39, 0.29) is 29.4 Å². The van der Waals surface area contributed by atoms with Gasteiger partial charge in [-0.05, 0) is 37.3 Å². The number of ether oxygens (including phenoxy) is 2. The van der Waals surface area contributed by atoms with Crippen molar-refractivity contribution < 1.29 is 31.9 Å². The first-order valence-electron chi connectivity index (χ1n) is 8.27. The van der Waals surface area contributed by atoms with Gasteiger partial charge in [-0.25, -0.2) is 23.1 Å². The van der Waals surface area contributed by atoms with Crippen LogP contribution in [0.5, 0.6) is 0 Å². The Kier molecular flexibility index (Phi) is 7.43. The van der Waals surface area contributed by atoms with Gasteiger partial charge >= 0.3 is 11.9 Å². The van der Waals surface area contributed by atoms with Gasteiger partial charge in [0.25, 0.3) is 0 Å². The smallest absolute Gasteiger partial charge is 0.340 e. The summed E-state index contributed by atoms with van der Waals surface area (Å²) in [4.78, 5) is 23.0. The largest absolute Gasteiger partial charge is 0.465 e. The summed E-state index contributed by atoms with van der Waals surface area (Å²) in [6.07, 6.45) is 2.69. The predicted molar refractivity (Wildman–Crippen MR) is 106 cm³/mol. The lowest BCUT2D eigenvalue weighted by Crippen LogP contribution is -2.15. The van der Waals surface area contributed by atoms with Crippen molar-refractivity contribution in [3.63, 3.8) is 0 Å². The molecule has 0 spiro atoms. The van der Waals surface area contributed by atoms with Gasteiger partial charge in [0.2, 0.25) is 10.0 Å².